The third-order valence-electron chi connectivity index (χ3n) is 5.68. The van der Waals surface area contributed by atoms with Crippen molar-refractivity contribution in [1.82, 2.24) is 14.8 Å². The Bertz CT molecular complexity index is 1020. The minimum atomic E-state index is -3.80. The van der Waals surface area contributed by atoms with Crippen LogP contribution in [-0.2, 0) is 14.8 Å². The zero-order chi connectivity index (χ0) is 23.0. The summed E-state index contributed by atoms with van der Waals surface area (Å²) in [6.07, 6.45) is 1.18. The maximum absolute atomic E-state index is 13.4. The number of carbonyl (C=O) groups is 1. The van der Waals surface area contributed by atoms with Crippen LogP contribution in [0.3, 0.4) is 0 Å². The van der Waals surface area contributed by atoms with E-state index in [0.29, 0.717) is 25.1 Å². The molecule has 0 unspecified atom stereocenters. The first kappa shape index (κ1) is 23.4. The lowest BCUT2D eigenvalue weighted by atomic mass is 9.82. The number of rotatable bonds is 5. The van der Waals surface area contributed by atoms with Crippen LogP contribution in [0.25, 0.3) is 0 Å². The lowest BCUT2D eigenvalue weighted by Gasteiger charge is -2.35. The summed E-state index contributed by atoms with van der Waals surface area (Å²) in [5, 5.41) is 6.83. The van der Waals surface area contributed by atoms with Crippen molar-refractivity contribution in [3.05, 3.63) is 47.1 Å². The van der Waals surface area contributed by atoms with Gasteiger partial charge in [0.25, 0.3) is 0 Å². The molecule has 1 aromatic heterocycles. The Balaban J connectivity index is 1.79. The molecule has 2 heterocycles. The minimum absolute atomic E-state index is 0.0763. The molecule has 170 valence electrons. The molecule has 0 bridgehead atoms. The van der Waals surface area contributed by atoms with Gasteiger partial charge in [-0.05, 0) is 49.8 Å². The van der Waals surface area contributed by atoms with Crippen molar-refractivity contribution in [3.8, 4) is 0 Å². The quantitative estimate of drug-likeness (QED) is 0.748. The molecule has 0 saturated carbocycles. The van der Waals surface area contributed by atoms with Gasteiger partial charge in [0.15, 0.2) is 5.76 Å². The Morgan fingerprint density at radius 3 is 2.45 bits per heavy atom. The second-order valence-corrected chi connectivity index (χ2v) is 11.1. The molecule has 3 rings (SSSR count). The van der Waals surface area contributed by atoms with Crippen molar-refractivity contribution in [2.24, 2.45) is 11.3 Å². The van der Waals surface area contributed by atoms with Gasteiger partial charge in [0.1, 0.15) is 16.4 Å². The summed E-state index contributed by atoms with van der Waals surface area (Å²) in [6.45, 7) is 9.59. The van der Waals surface area contributed by atoms with Gasteiger partial charge in [0.2, 0.25) is 15.9 Å². The molecule has 1 amide bonds. The monoisotopic (exact) mass is 451 g/mol. The highest BCUT2D eigenvalue weighted by Crippen LogP contribution is 2.34. The molecule has 0 aliphatic carbocycles. The highest BCUT2D eigenvalue weighted by molar-refractivity contribution is 7.89. The number of piperidine rings is 1. The molecule has 0 spiro atoms. The Morgan fingerprint density at radius 2 is 1.90 bits per heavy atom. The van der Waals surface area contributed by atoms with Crippen molar-refractivity contribution in [3.63, 3.8) is 0 Å². The van der Waals surface area contributed by atoms with Crippen LogP contribution in [0.4, 0.5) is 4.39 Å². The highest BCUT2D eigenvalue weighted by Gasteiger charge is 2.38. The molecule has 31 heavy (non-hydrogen) atoms. The number of hydrogen-bond acceptors (Lipinski definition) is 5. The largest absolute Gasteiger partial charge is 0.360 e. The van der Waals surface area contributed by atoms with Crippen LogP contribution in [0.1, 0.15) is 56.7 Å². The fraction of sp³-hybridized carbons (Fsp3) is 0.545. The van der Waals surface area contributed by atoms with Crippen molar-refractivity contribution in [1.29, 1.82) is 0 Å². The van der Waals surface area contributed by atoms with Crippen molar-refractivity contribution in [2.45, 2.75) is 58.4 Å². The molecule has 2 atom stereocenters. The summed E-state index contributed by atoms with van der Waals surface area (Å²) >= 11 is 0. The fourth-order valence-electron chi connectivity index (χ4n) is 4.06. The second-order valence-electron chi connectivity index (χ2n) is 9.21. The predicted octanol–water partition coefficient (Wildman–Crippen LogP) is 3.73. The van der Waals surface area contributed by atoms with E-state index < -0.39 is 15.9 Å². The second kappa shape index (κ2) is 8.70. The van der Waals surface area contributed by atoms with E-state index in [1.54, 1.807) is 26.0 Å². The van der Waals surface area contributed by atoms with Crippen LogP contribution in [-0.4, -0.2) is 36.9 Å². The summed E-state index contributed by atoms with van der Waals surface area (Å²) in [7, 11) is -3.80. The first-order valence-electron chi connectivity index (χ1n) is 10.4. The predicted molar refractivity (Wildman–Crippen MR) is 114 cm³/mol. The summed E-state index contributed by atoms with van der Waals surface area (Å²) in [5.41, 5.74) is 0.802. The van der Waals surface area contributed by atoms with Gasteiger partial charge in [-0.1, -0.05) is 38.1 Å². The molecule has 1 aliphatic rings. The number of aromatic nitrogens is 1. The standard InChI is InChI=1S/C22H30FN3O4S/c1-14-19(15(2)30-25-14)31(28,29)26-12-6-7-17(13-26)21(27)24-20(22(3,4)5)16-8-10-18(23)11-9-16/h8-11,17,20H,6-7,12-13H2,1-5H3,(H,24,27)/t17-,20+/m1/s1. The van der Waals surface area contributed by atoms with Crippen molar-refractivity contribution in [2.75, 3.05) is 13.1 Å². The van der Waals surface area contributed by atoms with Gasteiger partial charge in [-0.25, -0.2) is 12.8 Å². The average molecular weight is 452 g/mol. The number of carbonyl (C=O) groups excluding carboxylic acids is 1. The average Bonchev–Trinajstić information content (AvgIpc) is 3.05. The Kier molecular flexibility index (Phi) is 6.57. The number of hydrogen-bond donors (Lipinski definition) is 1. The normalized spacial score (nSPS) is 19.2. The zero-order valence-electron chi connectivity index (χ0n) is 18.6. The van der Waals surface area contributed by atoms with Crippen LogP contribution in [0, 0.1) is 31.0 Å². The minimum Gasteiger partial charge on any atom is -0.360 e. The van der Waals surface area contributed by atoms with Crippen LogP contribution in [0.2, 0.25) is 0 Å². The summed E-state index contributed by atoms with van der Waals surface area (Å²) in [6, 6.07) is 5.74. The third kappa shape index (κ3) is 4.98. The van der Waals surface area contributed by atoms with E-state index in [2.05, 4.69) is 10.5 Å². The SMILES string of the molecule is Cc1noc(C)c1S(=O)(=O)N1CCC[C@@H](C(=O)N[C@@H](c2ccc(F)cc2)C(C)(C)C)C1. The molecule has 1 saturated heterocycles. The number of nitrogens with one attached hydrogen (secondary N) is 1. The third-order valence-corrected chi connectivity index (χ3v) is 7.79. The van der Waals surface area contributed by atoms with Crippen LogP contribution < -0.4 is 5.32 Å². The van der Waals surface area contributed by atoms with E-state index in [4.69, 9.17) is 4.52 Å². The van der Waals surface area contributed by atoms with Crippen LogP contribution in [0.5, 0.6) is 0 Å². The van der Waals surface area contributed by atoms with Crippen LogP contribution >= 0.6 is 0 Å². The van der Waals surface area contributed by atoms with Gasteiger partial charge in [0.05, 0.1) is 12.0 Å². The Labute approximate surface area is 183 Å². The van der Waals surface area contributed by atoms with E-state index >= 15 is 0 Å². The number of benzene rings is 1. The summed E-state index contributed by atoms with van der Waals surface area (Å²) in [4.78, 5) is 13.2. The first-order chi connectivity index (χ1) is 14.4. The maximum atomic E-state index is 13.4. The first-order valence-corrected chi connectivity index (χ1v) is 11.8. The zero-order valence-corrected chi connectivity index (χ0v) is 19.4. The van der Waals surface area contributed by atoms with Gasteiger partial charge >= 0.3 is 0 Å². The van der Waals surface area contributed by atoms with E-state index in [9.17, 15) is 17.6 Å². The molecule has 7 nitrogen and oxygen atoms in total. The molecule has 2 aromatic rings. The molecule has 1 aliphatic heterocycles. The molecule has 9 heteroatoms. The van der Waals surface area contributed by atoms with Gasteiger partial charge < -0.3 is 9.84 Å². The van der Waals surface area contributed by atoms with E-state index in [1.807, 2.05) is 20.8 Å². The molecular weight excluding hydrogens is 421 g/mol. The van der Waals surface area contributed by atoms with Crippen molar-refractivity contribution < 1.29 is 22.1 Å². The Hall–Kier alpha value is -2.26. The van der Waals surface area contributed by atoms with Gasteiger partial charge in [-0.3, -0.25) is 4.79 Å². The van der Waals surface area contributed by atoms with Gasteiger partial charge in [0, 0.05) is 13.1 Å². The number of halogens is 1. The van der Waals surface area contributed by atoms with E-state index in [0.717, 1.165) is 5.56 Å². The van der Waals surface area contributed by atoms with Crippen molar-refractivity contribution >= 4 is 15.9 Å². The number of amides is 1. The Morgan fingerprint density at radius 1 is 1.26 bits per heavy atom. The maximum Gasteiger partial charge on any atom is 0.248 e. The summed E-state index contributed by atoms with van der Waals surface area (Å²) < 4.78 is 46.0. The molecular formula is C22H30FN3O4S. The van der Waals surface area contributed by atoms with Gasteiger partial charge in [-0.2, -0.15) is 4.31 Å². The van der Waals surface area contributed by atoms with E-state index in [1.165, 1.54) is 16.4 Å². The lowest BCUT2D eigenvalue weighted by Crippen LogP contribution is -2.47. The highest BCUT2D eigenvalue weighted by atomic mass is 32.2. The molecule has 1 aromatic carbocycles. The van der Waals surface area contributed by atoms with Crippen LogP contribution in [0.15, 0.2) is 33.7 Å². The number of aryl methyl sites for hydroxylation is 2. The van der Waals surface area contributed by atoms with E-state index in [-0.39, 0.29) is 40.4 Å². The topological polar surface area (TPSA) is 92.5 Å². The molecule has 1 fully saturated rings. The molecule has 0 radical (unpaired) electrons. The summed E-state index contributed by atoms with van der Waals surface area (Å²) in [5.74, 6) is -0.777. The number of nitrogens with zero attached hydrogens (tertiary/aromatic N) is 2. The molecule has 1 N–H and O–H groups in total. The van der Waals surface area contributed by atoms with Gasteiger partial charge in [-0.15, -0.1) is 0 Å². The lowest BCUT2D eigenvalue weighted by molar-refractivity contribution is -0.127. The smallest absolute Gasteiger partial charge is 0.248 e. The number of sulfonamides is 1. The fourth-order valence-corrected chi connectivity index (χ4v) is 5.88.